The third-order valence-electron chi connectivity index (χ3n) is 5.22. The summed E-state index contributed by atoms with van der Waals surface area (Å²) >= 11 is 1.26. The second-order valence-corrected chi connectivity index (χ2v) is 8.97. The number of hydrogen-bond donors (Lipinski definition) is 1. The number of anilines is 1. The summed E-state index contributed by atoms with van der Waals surface area (Å²) in [5.74, 6) is 0.250. The number of amidine groups is 1. The lowest BCUT2D eigenvalue weighted by Gasteiger charge is -2.13. The number of hydrogen-bond acceptors (Lipinski definition) is 7. The van der Waals surface area contributed by atoms with Crippen LogP contribution in [-0.4, -0.2) is 60.8 Å². The van der Waals surface area contributed by atoms with E-state index in [0.29, 0.717) is 18.3 Å². The normalized spacial score (nSPS) is 17.1. The van der Waals surface area contributed by atoms with E-state index in [1.165, 1.54) is 16.8 Å². The lowest BCUT2D eigenvalue weighted by Crippen LogP contribution is -2.30. The number of amides is 2. The Labute approximate surface area is 204 Å². The Morgan fingerprint density at radius 1 is 1.15 bits per heavy atom. The molecule has 2 amide bonds. The molecule has 34 heavy (non-hydrogen) atoms. The van der Waals surface area contributed by atoms with Gasteiger partial charge >= 0.3 is 0 Å². The second kappa shape index (κ2) is 12.3. The van der Waals surface area contributed by atoms with Gasteiger partial charge in [-0.2, -0.15) is 10.1 Å². The van der Waals surface area contributed by atoms with E-state index in [0.717, 1.165) is 34.5 Å². The van der Waals surface area contributed by atoms with Gasteiger partial charge in [0.05, 0.1) is 13.3 Å². The summed E-state index contributed by atoms with van der Waals surface area (Å²) in [6.45, 7) is 4.96. The molecule has 1 atom stereocenters. The standard InChI is InChI=1S/C25H30N4O4S/c1-17-7-5-8-18(2)23(17)28-22(30)15-21-24(31)29(25(34-21)26-13-6-14-32-3)27-16-19-9-11-20(33-4)12-10-19/h5,7-12,16,21H,6,13-15H2,1-4H3,(H,28,30)/b26-25?,27-16+. The zero-order chi connectivity index (χ0) is 24.5. The number of thioether (sulfide) groups is 1. The molecule has 1 aliphatic rings. The van der Waals surface area contributed by atoms with Crippen LogP contribution in [0.25, 0.3) is 0 Å². The van der Waals surface area contributed by atoms with E-state index in [1.807, 2.05) is 56.3 Å². The number of aliphatic imine (C=N–C) groups is 1. The molecular weight excluding hydrogens is 452 g/mol. The van der Waals surface area contributed by atoms with E-state index < -0.39 is 5.25 Å². The predicted molar refractivity (Wildman–Crippen MR) is 137 cm³/mol. The number of nitrogens with zero attached hydrogens (tertiary/aromatic N) is 3. The van der Waals surface area contributed by atoms with Crippen molar-refractivity contribution in [2.75, 3.05) is 32.7 Å². The van der Waals surface area contributed by atoms with Gasteiger partial charge < -0.3 is 14.8 Å². The first-order valence-electron chi connectivity index (χ1n) is 11.0. The molecule has 0 bridgehead atoms. The Hall–Kier alpha value is -3.17. The van der Waals surface area contributed by atoms with Crippen molar-refractivity contribution >= 4 is 40.6 Å². The first-order valence-corrected chi connectivity index (χ1v) is 11.9. The van der Waals surface area contributed by atoms with E-state index in [2.05, 4.69) is 15.4 Å². The molecule has 1 unspecified atom stereocenters. The molecule has 9 heteroatoms. The molecular formula is C25H30N4O4S. The third-order valence-corrected chi connectivity index (χ3v) is 6.39. The highest BCUT2D eigenvalue weighted by Gasteiger charge is 2.39. The Balaban J connectivity index is 1.73. The number of rotatable bonds is 10. The summed E-state index contributed by atoms with van der Waals surface area (Å²) in [5, 5.41) is 8.51. The number of nitrogens with one attached hydrogen (secondary N) is 1. The van der Waals surface area contributed by atoms with Gasteiger partial charge in [0, 0.05) is 32.4 Å². The monoisotopic (exact) mass is 482 g/mol. The summed E-state index contributed by atoms with van der Waals surface area (Å²) in [6.07, 6.45) is 2.35. The fourth-order valence-corrected chi connectivity index (χ4v) is 4.46. The number of hydrazone groups is 1. The second-order valence-electron chi connectivity index (χ2n) is 7.80. The van der Waals surface area contributed by atoms with E-state index in [4.69, 9.17) is 9.47 Å². The van der Waals surface area contributed by atoms with E-state index in [1.54, 1.807) is 20.4 Å². The van der Waals surface area contributed by atoms with Crippen LogP contribution in [0.3, 0.4) is 0 Å². The van der Waals surface area contributed by atoms with Gasteiger partial charge in [0.1, 0.15) is 11.0 Å². The fraction of sp³-hybridized carbons (Fsp3) is 0.360. The van der Waals surface area contributed by atoms with Gasteiger partial charge in [-0.25, -0.2) is 0 Å². The van der Waals surface area contributed by atoms with Gasteiger partial charge in [-0.1, -0.05) is 30.0 Å². The Morgan fingerprint density at radius 3 is 2.50 bits per heavy atom. The number of ether oxygens (including phenoxy) is 2. The lowest BCUT2D eigenvalue weighted by atomic mass is 10.1. The molecule has 1 aliphatic heterocycles. The first kappa shape index (κ1) is 25.5. The Bertz CT molecular complexity index is 1050. The van der Waals surface area contributed by atoms with Crippen molar-refractivity contribution in [3.8, 4) is 5.75 Å². The van der Waals surface area contributed by atoms with Gasteiger partial charge in [0.25, 0.3) is 5.91 Å². The minimum atomic E-state index is -0.599. The Morgan fingerprint density at radius 2 is 1.85 bits per heavy atom. The highest BCUT2D eigenvalue weighted by molar-refractivity contribution is 8.15. The molecule has 8 nitrogen and oxygen atoms in total. The molecule has 0 spiro atoms. The van der Waals surface area contributed by atoms with Crippen LogP contribution < -0.4 is 10.1 Å². The molecule has 1 saturated heterocycles. The average Bonchev–Trinajstić information content (AvgIpc) is 3.12. The topological polar surface area (TPSA) is 92.6 Å². The van der Waals surface area contributed by atoms with Crippen LogP contribution in [0.5, 0.6) is 5.75 Å². The minimum Gasteiger partial charge on any atom is -0.497 e. The van der Waals surface area contributed by atoms with Gasteiger partial charge in [-0.15, -0.1) is 0 Å². The summed E-state index contributed by atoms with van der Waals surface area (Å²) in [5.41, 5.74) is 3.55. The third kappa shape index (κ3) is 6.68. The van der Waals surface area contributed by atoms with Crippen LogP contribution in [-0.2, 0) is 14.3 Å². The highest BCUT2D eigenvalue weighted by atomic mass is 32.2. The SMILES string of the molecule is COCCCN=C1SC(CC(=O)Nc2c(C)cccc2C)C(=O)N1/N=C/c1ccc(OC)cc1. The molecule has 3 rings (SSSR count). The molecule has 0 saturated carbocycles. The zero-order valence-electron chi connectivity index (χ0n) is 19.9. The molecule has 1 fully saturated rings. The van der Waals surface area contributed by atoms with Crippen LogP contribution in [0.4, 0.5) is 5.69 Å². The summed E-state index contributed by atoms with van der Waals surface area (Å²) in [7, 11) is 3.24. The van der Waals surface area contributed by atoms with E-state index in [9.17, 15) is 9.59 Å². The molecule has 2 aromatic rings. The average molecular weight is 483 g/mol. The maximum atomic E-state index is 13.1. The summed E-state index contributed by atoms with van der Waals surface area (Å²) < 4.78 is 10.3. The number of carbonyl (C=O) groups excluding carboxylic acids is 2. The molecule has 2 aromatic carbocycles. The van der Waals surface area contributed by atoms with Gasteiger partial charge in [0.15, 0.2) is 5.17 Å². The quantitative estimate of drug-likeness (QED) is 0.408. The molecule has 180 valence electrons. The van der Waals surface area contributed by atoms with Gasteiger partial charge in [-0.3, -0.25) is 14.6 Å². The van der Waals surface area contributed by atoms with Crippen molar-refractivity contribution in [2.45, 2.75) is 31.9 Å². The zero-order valence-corrected chi connectivity index (χ0v) is 20.7. The number of para-hydroxylation sites is 1. The maximum Gasteiger partial charge on any atom is 0.263 e. The van der Waals surface area contributed by atoms with Crippen LogP contribution in [0, 0.1) is 13.8 Å². The van der Waals surface area contributed by atoms with Crippen molar-refractivity contribution in [2.24, 2.45) is 10.1 Å². The van der Waals surface area contributed by atoms with Crippen molar-refractivity contribution in [3.05, 3.63) is 59.2 Å². The smallest absolute Gasteiger partial charge is 0.263 e. The summed E-state index contributed by atoms with van der Waals surface area (Å²) in [4.78, 5) is 30.4. The van der Waals surface area contributed by atoms with Crippen molar-refractivity contribution < 1.29 is 19.1 Å². The van der Waals surface area contributed by atoms with Crippen LogP contribution in [0.2, 0.25) is 0 Å². The van der Waals surface area contributed by atoms with Crippen LogP contribution in [0.1, 0.15) is 29.5 Å². The van der Waals surface area contributed by atoms with E-state index in [-0.39, 0.29) is 18.2 Å². The first-order chi connectivity index (χ1) is 16.4. The lowest BCUT2D eigenvalue weighted by molar-refractivity contribution is -0.128. The molecule has 1 heterocycles. The van der Waals surface area contributed by atoms with Crippen molar-refractivity contribution in [1.29, 1.82) is 0 Å². The largest absolute Gasteiger partial charge is 0.497 e. The van der Waals surface area contributed by atoms with Gasteiger partial charge in [-0.05, 0) is 61.2 Å². The van der Waals surface area contributed by atoms with Gasteiger partial charge in [0.2, 0.25) is 5.91 Å². The number of aryl methyl sites for hydroxylation is 2. The molecule has 0 aromatic heterocycles. The predicted octanol–water partition coefficient (Wildman–Crippen LogP) is 4.01. The van der Waals surface area contributed by atoms with E-state index >= 15 is 0 Å². The highest BCUT2D eigenvalue weighted by Crippen LogP contribution is 2.31. The number of benzene rings is 2. The molecule has 1 N–H and O–H groups in total. The maximum absolute atomic E-state index is 13.1. The molecule has 0 radical (unpaired) electrons. The number of carbonyl (C=O) groups is 2. The van der Waals surface area contributed by atoms with Crippen molar-refractivity contribution in [3.63, 3.8) is 0 Å². The summed E-state index contributed by atoms with van der Waals surface area (Å²) in [6, 6.07) is 13.2. The van der Waals surface area contributed by atoms with Crippen LogP contribution >= 0.6 is 11.8 Å². The Kier molecular flexibility index (Phi) is 9.24. The minimum absolute atomic E-state index is 0.0307. The number of methoxy groups -OCH3 is 2. The van der Waals surface area contributed by atoms with Crippen LogP contribution in [0.15, 0.2) is 52.6 Å². The molecule has 0 aliphatic carbocycles. The van der Waals surface area contributed by atoms with Crippen molar-refractivity contribution in [1.82, 2.24) is 5.01 Å². The fourth-order valence-electron chi connectivity index (χ4n) is 3.37.